The number of thiophene rings is 1. The Hall–Kier alpha value is -1.36. The van der Waals surface area contributed by atoms with E-state index in [1.165, 1.54) is 28.2 Å². The minimum atomic E-state index is -0.360. The molecule has 0 aromatic carbocycles. The summed E-state index contributed by atoms with van der Waals surface area (Å²) in [4.78, 5) is 27.4. The lowest BCUT2D eigenvalue weighted by Gasteiger charge is -2.19. The minimum absolute atomic E-state index is 0.00677. The van der Waals surface area contributed by atoms with Gasteiger partial charge in [0.15, 0.2) is 0 Å². The molecule has 5 heteroatoms. The largest absolute Gasteiger partial charge is 0.465 e. The number of hydrogen-bond donors (Lipinski definition) is 0. The van der Waals surface area contributed by atoms with E-state index in [9.17, 15) is 9.59 Å². The Balaban J connectivity index is 2.03. The van der Waals surface area contributed by atoms with Gasteiger partial charge in [0.25, 0.3) is 5.91 Å². The fourth-order valence-electron chi connectivity index (χ4n) is 2.71. The van der Waals surface area contributed by atoms with Crippen LogP contribution in [-0.2, 0) is 22.4 Å². The number of nitrogens with zero attached hydrogens (tertiary/aromatic N) is 1. The first-order chi connectivity index (χ1) is 10.0. The average molecular weight is 309 g/mol. The zero-order valence-corrected chi connectivity index (χ0v) is 13.8. The molecule has 2 rings (SSSR count). The number of rotatable bonds is 5. The van der Waals surface area contributed by atoms with Gasteiger partial charge in [0.05, 0.1) is 11.5 Å². The molecule has 0 N–H and O–H groups in total. The van der Waals surface area contributed by atoms with Crippen LogP contribution in [0.5, 0.6) is 0 Å². The number of esters is 1. The Morgan fingerprint density at radius 3 is 2.86 bits per heavy atom. The molecule has 1 atom stereocenters. The Kier molecular flexibility index (Phi) is 5.39. The predicted octanol–water partition coefficient (Wildman–Crippen LogP) is 2.90. The summed E-state index contributed by atoms with van der Waals surface area (Å²) in [6.45, 7) is 4.33. The molecule has 1 aliphatic carbocycles. The van der Waals surface area contributed by atoms with Gasteiger partial charge in [-0.3, -0.25) is 9.59 Å². The molecule has 1 aromatic rings. The summed E-state index contributed by atoms with van der Waals surface area (Å²) in [5.74, 6) is 0.295. The first-order valence-electron chi connectivity index (χ1n) is 7.57. The summed E-state index contributed by atoms with van der Waals surface area (Å²) in [5.41, 5.74) is 1.32. The molecule has 0 bridgehead atoms. The van der Waals surface area contributed by atoms with Gasteiger partial charge in [-0.05, 0) is 43.7 Å². The SMILES string of the molecule is CCOC(=O)CN(C)C(=O)c1cc2c(s1)CCC(CC)C2. The molecule has 0 spiro atoms. The van der Waals surface area contributed by atoms with E-state index in [4.69, 9.17) is 4.74 Å². The summed E-state index contributed by atoms with van der Waals surface area (Å²) in [6.07, 6.45) is 4.57. The van der Waals surface area contributed by atoms with Crippen LogP contribution in [0, 0.1) is 5.92 Å². The Morgan fingerprint density at radius 2 is 2.19 bits per heavy atom. The van der Waals surface area contributed by atoms with Gasteiger partial charge < -0.3 is 9.64 Å². The standard InChI is InChI=1S/C16H23NO3S/c1-4-11-6-7-13-12(8-11)9-14(21-13)16(19)17(3)10-15(18)20-5-2/h9,11H,4-8,10H2,1-3H3. The average Bonchev–Trinajstić information content (AvgIpc) is 2.89. The number of carbonyl (C=O) groups excluding carboxylic acids is 2. The van der Waals surface area contributed by atoms with Crippen LogP contribution in [0.25, 0.3) is 0 Å². The Labute approximate surface area is 130 Å². The molecule has 0 saturated carbocycles. The van der Waals surface area contributed by atoms with Gasteiger partial charge in [-0.15, -0.1) is 11.3 Å². The van der Waals surface area contributed by atoms with Gasteiger partial charge in [-0.1, -0.05) is 13.3 Å². The molecule has 4 nitrogen and oxygen atoms in total. The van der Waals surface area contributed by atoms with E-state index < -0.39 is 0 Å². The molecule has 0 saturated heterocycles. The summed E-state index contributed by atoms with van der Waals surface area (Å²) >= 11 is 1.58. The lowest BCUT2D eigenvalue weighted by molar-refractivity contribution is -0.143. The third kappa shape index (κ3) is 3.84. The maximum Gasteiger partial charge on any atom is 0.325 e. The Morgan fingerprint density at radius 1 is 1.43 bits per heavy atom. The van der Waals surface area contributed by atoms with E-state index in [2.05, 4.69) is 6.92 Å². The van der Waals surface area contributed by atoms with Crippen LogP contribution in [0.4, 0.5) is 0 Å². The molecule has 1 amide bonds. The fraction of sp³-hybridized carbons (Fsp3) is 0.625. The monoisotopic (exact) mass is 309 g/mol. The van der Waals surface area contributed by atoms with Crippen molar-refractivity contribution in [2.45, 2.75) is 39.5 Å². The van der Waals surface area contributed by atoms with E-state index in [-0.39, 0.29) is 18.4 Å². The molecule has 1 aliphatic rings. The summed E-state index contributed by atoms with van der Waals surface area (Å²) in [7, 11) is 1.65. The summed E-state index contributed by atoms with van der Waals surface area (Å²) < 4.78 is 4.88. The third-order valence-electron chi connectivity index (χ3n) is 3.99. The van der Waals surface area contributed by atoms with Gasteiger partial charge in [0, 0.05) is 11.9 Å². The van der Waals surface area contributed by atoms with Crippen LogP contribution < -0.4 is 0 Å². The van der Waals surface area contributed by atoms with Crippen LogP contribution in [-0.4, -0.2) is 37.0 Å². The van der Waals surface area contributed by atoms with Crippen molar-refractivity contribution in [1.29, 1.82) is 0 Å². The number of aryl methyl sites for hydroxylation is 1. The molecule has 1 aromatic heterocycles. The Bertz CT molecular complexity index is 524. The fourth-order valence-corrected chi connectivity index (χ4v) is 3.92. The van der Waals surface area contributed by atoms with Crippen molar-refractivity contribution in [2.24, 2.45) is 5.92 Å². The van der Waals surface area contributed by atoms with Crippen molar-refractivity contribution >= 4 is 23.2 Å². The second-order valence-corrected chi connectivity index (χ2v) is 6.68. The van der Waals surface area contributed by atoms with Crippen molar-refractivity contribution in [3.05, 3.63) is 21.4 Å². The number of likely N-dealkylation sites (N-methyl/N-ethyl adjacent to an activating group) is 1. The molecule has 1 unspecified atom stereocenters. The molecule has 1 heterocycles. The minimum Gasteiger partial charge on any atom is -0.465 e. The van der Waals surface area contributed by atoms with Crippen molar-refractivity contribution < 1.29 is 14.3 Å². The number of fused-ring (bicyclic) bond motifs is 1. The summed E-state index contributed by atoms with van der Waals surface area (Å²) in [5, 5.41) is 0. The highest BCUT2D eigenvalue weighted by Gasteiger charge is 2.24. The number of ether oxygens (including phenoxy) is 1. The lowest BCUT2D eigenvalue weighted by Crippen LogP contribution is -2.32. The van der Waals surface area contributed by atoms with Gasteiger partial charge in [-0.25, -0.2) is 0 Å². The first-order valence-corrected chi connectivity index (χ1v) is 8.39. The van der Waals surface area contributed by atoms with Gasteiger partial charge in [0.2, 0.25) is 0 Å². The van der Waals surface area contributed by atoms with Gasteiger partial charge >= 0.3 is 5.97 Å². The van der Waals surface area contributed by atoms with Gasteiger partial charge in [0.1, 0.15) is 6.54 Å². The van der Waals surface area contributed by atoms with Crippen molar-refractivity contribution in [2.75, 3.05) is 20.2 Å². The zero-order valence-electron chi connectivity index (χ0n) is 13.0. The molecular formula is C16H23NO3S. The van der Waals surface area contributed by atoms with E-state index in [1.807, 2.05) is 6.07 Å². The normalized spacial score (nSPS) is 17.2. The number of carbonyl (C=O) groups is 2. The van der Waals surface area contributed by atoms with Crippen molar-refractivity contribution in [3.8, 4) is 0 Å². The number of amides is 1. The highest BCUT2D eigenvalue weighted by Crippen LogP contribution is 2.33. The van der Waals surface area contributed by atoms with E-state index in [0.29, 0.717) is 6.61 Å². The molecule has 116 valence electrons. The highest BCUT2D eigenvalue weighted by molar-refractivity contribution is 7.14. The van der Waals surface area contributed by atoms with Crippen molar-refractivity contribution in [1.82, 2.24) is 4.90 Å². The van der Waals surface area contributed by atoms with E-state index in [1.54, 1.807) is 25.3 Å². The molecule has 0 aliphatic heterocycles. The van der Waals surface area contributed by atoms with Crippen LogP contribution >= 0.6 is 11.3 Å². The second kappa shape index (κ2) is 7.07. The van der Waals surface area contributed by atoms with E-state index >= 15 is 0 Å². The van der Waals surface area contributed by atoms with Crippen LogP contribution in [0.15, 0.2) is 6.07 Å². The number of hydrogen-bond acceptors (Lipinski definition) is 4. The van der Waals surface area contributed by atoms with Crippen LogP contribution in [0.1, 0.15) is 46.8 Å². The highest BCUT2D eigenvalue weighted by atomic mass is 32.1. The van der Waals surface area contributed by atoms with Gasteiger partial charge in [-0.2, -0.15) is 0 Å². The zero-order chi connectivity index (χ0) is 15.4. The lowest BCUT2D eigenvalue weighted by atomic mass is 9.87. The molecular weight excluding hydrogens is 286 g/mol. The van der Waals surface area contributed by atoms with Crippen molar-refractivity contribution in [3.63, 3.8) is 0 Å². The molecule has 21 heavy (non-hydrogen) atoms. The summed E-state index contributed by atoms with van der Waals surface area (Å²) in [6, 6.07) is 2.02. The maximum absolute atomic E-state index is 12.4. The second-order valence-electron chi connectivity index (χ2n) is 5.54. The quantitative estimate of drug-likeness (QED) is 0.786. The predicted molar refractivity (Wildman–Crippen MR) is 83.7 cm³/mol. The van der Waals surface area contributed by atoms with Crippen LogP contribution in [0.3, 0.4) is 0 Å². The van der Waals surface area contributed by atoms with Crippen LogP contribution in [0.2, 0.25) is 0 Å². The van der Waals surface area contributed by atoms with E-state index in [0.717, 1.165) is 23.6 Å². The molecule has 0 fully saturated rings. The first kappa shape index (κ1) is 16.0. The smallest absolute Gasteiger partial charge is 0.325 e. The topological polar surface area (TPSA) is 46.6 Å². The third-order valence-corrected chi connectivity index (χ3v) is 5.22. The molecule has 0 radical (unpaired) electrons. The maximum atomic E-state index is 12.4.